The molecule has 224 valence electrons. The van der Waals surface area contributed by atoms with Crippen LogP contribution >= 0.6 is 0 Å². The minimum atomic E-state index is -0.859. The number of hydrogen-bond donors (Lipinski definition) is 4. The molecule has 1 fully saturated rings. The number of benzene rings is 3. The topological polar surface area (TPSA) is 115 Å². The zero-order chi connectivity index (χ0) is 30.2. The van der Waals surface area contributed by atoms with Crippen LogP contribution in [-0.2, 0) is 20.7 Å². The third-order valence-electron chi connectivity index (χ3n) is 7.46. The normalized spacial score (nSPS) is 19.3. The van der Waals surface area contributed by atoms with E-state index in [4.69, 9.17) is 15.2 Å². The van der Waals surface area contributed by atoms with E-state index in [9.17, 15) is 18.4 Å². The molecule has 8 nitrogen and oxygen atoms in total. The first-order valence-electron chi connectivity index (χ1n) is 13.7. The van der Waals surface area contributed by atoms with Crippen molar-refractivity contribution in [2.45, 2.75) is 50.0 Å². The summed E-state index contributed by atoms with van der Waals surface area (Å²) in [6, 6.07) is 14.9. The number of hydrogen-bond acceptors (Lipinski definition) is 6. The van der Waals surface area contributed by atoms with E-state index < -0.39 is 41.4 Å². The van der Waals surface area contributed by atoms with Gasteiger partial charge in [0, 0.05) is 23.7 Å². The van der Waals surface area contributed by atoms with E-state index >= 15 is 4.39 Å². The first-order valence-corrected chi connectivity index (χ1v) is 13.7. The zero-order valence-corrected chi connectivity index (χ0v) is 23.4. The minimum Gasteiger partial charge on any atom is -0.448 e. The van der Waals surface area contributed by atoms with E-state index in [1.54, 1.807) is 37.4 Å². The second-order valence-electron chi connectivity index (χ2n) is 10.2. The third-order valence-corrected chi connectivity index (χ3v) is 7.46. The molecule has 0 bridgehead atoms. The van der Waals surface area contributed by atoms with Gasteiger partial charge in [-0.05, 0) is 74.3 Å². The average molecular weight is 585 g/mol. The van der Waals surface area contributed by atoms with Gasteiger partial charge >= 0.3 is 6.09 Å². The number of rotatable bonds is 11. The average Bonchev–Trinajstić information content (AvgIpc) is 2.96. The molecule has 42 heavy (non-hydrogen) atoms. The molecule has 1 heterocycles. The lowest BCUT2D eigenvalue weighted by Gasteiger charge is -2.35. The maximum absolute atomic E-state index is 15.1. The second-order valence-corrected chi connectivity index (χ2v) is 10.2. The van der Waals surface area contributed by atoms with Gasteiger partial charge in [-0.25, -0.2) is 18.0 Å². The number of carbonyl (C=O) groups is 2. The summed E-state index contributed by atoms with van der Waals surface area (Å²) in [5, 5.41) is 9.17. The molecule has 3 aromatic rings. The highest BCUT2D eigenvalue weighted by Gasteiger charge is 2.32. The fourth-order valence-corrected chi connectivity index (χ4v) is 5.24. The SMILES string of the molecule is CNC(C(=O)Nc1cccc(F)c1CC[C@@H]1CN[C@H](COC(N)=O)[C@H](C)O1)C(c1ccc(F)cc1)c1ccc(F)cc1. The van der Waals surface area contributed by atoms with E-state index in [1.807, 2.05) is 6.92 Å². The Hall–Kier alpha value is -3.93. The molecule has 11 heteroatoms. The fraction of sp³-hybridized carbons (Fsp3) is 0.355. The largest absolute Gasteiger partial charge is 0.448 e. The highest BCUT2D eigenvalue weighted by molar-refractivity contribution is 5.96. The van der Waals surface area contributed by atoms with Gasteiger partial charge in [0.25, 0.3) is 0 Å². The highest BCUT2D eigenvalue weighted by Crippen LogP contribution is 2.30. The van der Waals surface area contributed by atoms with Crippen molar-refractivity contribution in [2.75, 3.05) is 25.5 Å². The van der Waals surface area contributed by atoms with Gasteiger partial charge in [0.05, 0.1) is 24.3 Å². The van der Waals surface area contributed by atoms with Crippen molar-refractivity contribution in [3.05, 3.63) is 101 Å². The zero-order valence-electron chi connectivity index (χ0n) is 23.4. The Balaban J connectivity index is 1.49. The van der Waals surface area contributed by atoms with Crippen LogP contribution in [0.3, 0.4) is 0 Å². The Morgan fingerprint density at radius 3 is 2.19 bits per heavy atom. The lowest BCUT2D eigenvalue weighted by atomic mass is 9.84. The number of amides is 2. The molecule has 3 aromatic carbocycles. The van der Waals surface area contributed by atoms with Gasteiger partial charge in [0.1, 0.15) is 24.1 Å². The number of likely N-dealkylation sites (N-methyl/N-ethyl adjacent to an activating group) is 1. The molecule has 4 atom stereocenters. The molecular weight excluding hydrogens is 549 g/mol. The Kier molecular flexibility index (Phi) is 10.6. The van der Waals surface area contributed by atoms with Gasteiger partial charge in [-0.1, -0.05) is 30.3 Å². The Morgan fingerprint density at radius 2 is 1.64 bits per heavy atom. The highest BCUT2D eigenvalue weighted by atomic mass is 19.1. The monoisotopic (exact) mass is 584 g/mol. The lowest BCUT2D eigenvalue weighted by molar-refractivity contribution is -0.118. The van der Waals surface area contributed by atoms with Crippen LogP contribution in [0, 0.1) is 17.5 Å². The summed E-state index contributed by atoms with van der Waals surface area (Å²) < 4.78 is 53.4. The van der Waals surface area contributed by atoms with Crippen LogP contribution in [0.4, 0.5) is 23.7 Å². The molecule has 1 saturated heterocycles. The van der Waals surface area contributed by atoms with Crippen molar-refractivity contribution in [3.8, 4) is 0 Å². The van der Waals surface area contributed by atoms with E-state index in [-0.39, 0.29) is 31.3 Å². The van der Waals surface area contributed by atoms with Crippen molar-refractivity contribution in [1.82, 2.24) is 10.6 Å². The summed E-state index contributed by atoms with van der Waals surface area (Å²) in [7, 11) is 1.62. The van der Waals surface area contributed by atoms with Crippen molar-refractivity contribution < 1.29 is 32.2 Å². The summed E-state index contributed by atoms with van der Waals surface area (Å²) in [6.07, 6.45) is -0.614. The predicted molar refractivity (Wildman–Crippen MR) is 153 cm³/mol. The van der Waals surface area contributed by atoms with E-state index in [1.165, 1.54) is 36.4 Å². The summed E-state index contributed by atoms with van der Waals surface area (Å²) >= 11 is 0. The Morgan fingerprint density at radius 1 is 1.02 bits per heavy atom. The van der Waals surface area contributed by atoms with Crippen molar-refractivity contribution in [3.63, 3.8) is 0 Å². The maximum atomic E-state index is 15.1. The van der Waals surface area contributed by atoms with Gasteiger partial charge in [-0.15, -0.1) is 0 Å². The first-order chi connectivity index (χ1) is 20.2. The maximum Gasteiger partial charge on any atom is 0.404 e. The summed E-state index contributed by atoms with van der Waals surface area (Å²) in [4.78, 5) is 24.6. The summed E-state index contributed by atoms with van der Waals surface area (Å²) in [5.41, 5.74) is 6.99. The predicted octanol–water partition coefficient (Wildman–Crippen LogP) is 4.24. The Labute approximate surface area is 242 Å². The Bertz CT molecular complexity index is 1310. The minimum absolute atomic E-state index is 0.0795. The molecular formula is C31H35F3N4O4. The molecule has 0 aliphatic carbocycles. The number of primary amides is 1. The molecule has 5 N–H and O–H groups in total. The van der Waals surface area contributed by atoms with Crippen LogP contribution in [0.2, 0.25) is 0 Å². The molecule has 1 aliphatic rings. The van der Waals surface area contributed by atoms with Gasteiger partial charge < -0.3 is 31.2 Å². The number of ether oxygens (including phenoxy) is 2. The molecule has 2 amide bonds. The number of nitrogens with two attached hydrogens (primary N) is 1. The number of nitrogens with one attached hydrogen (secondary N) is 3. The third kappa shape index (κ3) is 7.87. The molecule has 4 rings (SSSR count). The van der Waals surface area contributed by atoms with Gasteiger partial charge in [-0.2, -0.15) is 0 Å². The van der Waals surface area contributed by atoms with Crippen LogP contribution < -0.4 is 21.7 Å². The van der Waals surface area contributed by atoms with Gasteiger partial charge in [0.2, 0.25) is 5.91 Å². The smallest absolute Gasteiger partial charge is 0.404 e. The van der Waals surface area contributed by atoms with Crippen molar-refractivity contribution in [1.29, 1.82) is 0 Å². The molecule has 0 radical (unpaired) electrons. The number of carbonyl (C=O) groups excluding carboxylic acids is 2. The van der Waals surface area contributed by atoms with Crippen molar-refractivity contribution >= 4 is 17.7 Å². The number of anilines is 1. The quantitative estimate of drug-likeness (QED) is 0.268. The van der Waals surface area contributed by atoms with Gasteiger partial charge in [-0.3, -0.25) is 4.79 Å². The van der Waals surface area contributed by atoms with E-state index in [2.05, 4.69) is 16.0 Å². The van der Waals surface area contributed by atoms with E-state index in [0.29, 0.717) is 35.3 Å². The first kappa shape index (κ1) is 31.0. The molecule has 0 saturated carbocycles. The second kappa shape index (κ2) is 14.3. The number of morpholine rings is 1. The fourth-order valence-electron chi connectivity index (χ4n) is 5.24. The van der Waals surface area contributed by atoms with Crippen LogP contribution in [0.25, 0.3) is 0 Å². The molecule has 1 aliphatic heterocycles. The summed E-state index contributed by atoms with van der Waals surface area (Å²) in [5.74, 6) is -2.35. The van der Waals surface area contributed by atoms with Crippen molar-refractivity contribution in [2.24, 2.45) is 5.73 Å². The standard InChI is InChI=1S/C31H35F3N4O4/c1-18-27(17-41-31(35)40)37-16-23(42-18)14-15-24-25(34)4-3-5-26(24)38-30(39)29(36-2)28(19-6-10-21(32)11-7-19)20-8-12-22(33)13-9-20/h3-13,18,23,27-29,36-37H,14-17H2,1-2H3,(H2,35,40)(H,38,39)/t18-,23+,27+,29?/m0/s1. The van der Waals surface area contributed by atoms with Crippen LogP contribution in [0.5, 0.6) is 0 Å². The summed E-state index contributed by atoms with van der Waals surface area (Å²) in [6.45, 7) is 2.39. The van der Waals surface area contributed by atoms with Crippen LogP contribution in [-0.4, -0.2) is 56.5 Å². The lowest BCUT2D eigenvalue weighted by Crippen LogP contribution is -2.53. The van der Waals surface area contributed by atoms with Gasteiger partial charge in [0.15, 0.2) is 0 Å². The number of halogens is 3. The van der Waals surface area contributed by atoms with E-state index in [0.717, 1.165) is 0 Å². The molecule has 0 spiro atoms. The van der Waals surface area contributed by atoms with Crippen LogP contribution in [0.1, 0.15) is 36.0 Å². The molecule has 0 aromatic heterocycles. The molecule has 1 unspecified atom stereocenters. The van der Waals surface area contributed by atoms with Crippen LogP contribution in [0.15, 0.2) is 66.7 Å².